The van der Waals surface area contributed by atoms with E-state index < -0.39 is 11.7 Å². The maximum absolute atomic E-state index is 12.6. The Morgan fingerprint density at radius 1 is 1.17 bits per heavy atom. The second-order valence-corrected chi connectivity index (χ2v) is 7.34. The van der Waals surface area contributed by atoms with Crippen LogP contribution in [0.5, 0.6) is 0 Å². The van der Waals surface area contributed by atoms with E-state index in [1.54, 1.807) is 7.11 Å². The fraction of sp³-hybridized carbons (Fsp3) is 0.429. The van der Waals surface area contributed by atoms with Crippen LogP contribution < -0.4 is 0 Å². The highest BCUT2D eigenvalue weighted by atomic mass is 19.4. The average Bonchev–Trinajstić information content (AvgIpc) is 3.14. The lowest BCUT2D eigenvalue weighted by molar-refractivity contribution is -0.137. The third kappa shape index (κ3) is 4.31. The van der Waals surface area contributed by atoms with Gasteiger partial charge in [0, 0.05) is 36.3 Å². The van der Waals surface area contributed by atoms with Crippen molar-refractivity contribution in [3.8, 4) is 0 Å². The van der Waals surface area contributed by atoms with Gasteiger partial charge in [-0.05, 0) is 31.1 Å². The molecule has 0 aromatic carbocycles. The third-order valence-electron chi connectivity index (χ3n) is 5.44. The Morgan fingerprint density at radius 2 is 2.00 bits per heavy atom. The van der Waals surface area contributed by atoms with Crippen LogP contribution in [-0.4, -0.2) is 22.1 Å². The van der Waals surface area contributed by atoms with E-state index >= 15 is 0 Å². The van der Waals surface area contributed by atoms with Crippen molar-refractivity contribution < 1.29 is 22.6 Å². The number of nitrogens with zero attached hydrogens (tertiary/aromatic N) is 2. The van der Waals surface area contributed by atoms with Crippen molar-refractivity contribution in [2.75, 3.05) is 7.11 Å². The topological polar surface area (TPSA) is 60.0 Å². The molecule has 2 aliphatic rings. The second-order valence-electron chi connectivity index (χ2n) is 7.34. The van der Waals surface area contributed by atoms with Gasteiger partial charge < -0.3 is 14.5 Å². The Kier molecular flexibility index (Phi) is 5.34. The zero-order valence-corrected chi connectivity index (χ0v) is 16.0. The molecule has 0 bridgehead atoms. The van der Waals surface area contributed by atoms with Crippen molar-refractivity contribution in [2.24, 2.45) is 0 Å². The van der Waals surface area contributed by atoms with Gasteiger partial charge in [-0.2, -0.15) is 13.2 Å². The van der Waals surface area contributed by atoms with Gasteiger partial charge in [0.25, 0.3) is 0 Å². The van der Waals surface area contributed by atoms with Crippen LogP contribution in [0.25, 0.3) is 0 Å². The highest BCUT2D eigenvalue weighted by molar-refractivity contribution is 5.30. The molecule has 0 amide bonds. The first-order valence-electron chi connectivity index (χ1n) is 9.59. The number of methoxy groups -OCH3 is 1. The van der Waals surface area contributed by atoms with Crippen LogP contribution >= 0.6 is 0 Å². The minimum atomic E-state index is -4.40. The Balaban J connectivity index is 1.39. The number of hydrogen-bond acceptors (Lipinski definition) is 4. The van der Waals surface area contributed by atoms with E-state index in [4.69, 9.17) is 9.47 Å². The van der Waals surface area contributed by atoms with Gasteiger partial charge in [-0.1, -0.05) is 12.5 Å². The molecule has 2 heterocycles. The van der Waals surface area contributed by atoms with Gasteiger partial charge in [0.15, 0.2) is 5.76 Å². The Morgan fingerprint density at radius 3 is 2.62 bits per heavy atom. The van der Waals surface area contributed by atoms with Gasteiger partial charge in [0.2, 0.25) is 0 Å². The molecule has 1 saturated carbocycles. The van der Waals surface area contributed by atoms with Crippen molar-refractivity contribution in [3.63, 3.8) is 0 Å². The highest BCUT2D eigenvalue weighted by Crippen LogP contribution is 2.37. The van der Waals surface area contributed by atoms with Crippen molar-refractivity contribution in [3.05, 3.63) is 71.0 Å². The predicted molar refractivity (Wildman–Crippen MR) is 99.7 cm³/mol. The van der Waals surface area contributed by atoms with Crippen molar-refractivity contribution >= 4 is 0 Å². The van der Waals surface area contributed by atoms with Crippen LogP contribution in [0.2, 0.25) is 0 Å². The number of pyridine rings is 1. The number of H-pyrrole nitrogens is 1. The monoisotopic (exact) mass is 405 g/mol. The molecular weight excluding hydrogens is 383 g/mol. The number of rotatable bonds is 6. The Bertz CT molecular complexity index is 912. The maximum atomic E-state index is 12.6. The molecule has 5 nitrogen and oxygen atoms in total. The highest BCUT2D eigenvalue weighted by Gasteiger charge is 2.30. The van der Waals surface area contributed by atoms with E-state index in [9.17, 15) is 13.2 Å². The molecule has 1 N–H and O–H groups in total. The quantitative estimate of drug-likeness (QED) is 0.717. The van der Waals surface area contributed by atoms with Crippen molar-refractivity contribution in [2.45, 2.75) is 50.3 Å². The molecule has 4 rings (SSSR count). The van der Waals surface area contributed by atoms with Gasteiger partial charge in [0.05, 0.1) is 18.4 Å². The summed E-state index contributed by atoms with van der Waals surface area (Å²) in [6.45, 7) is 0.0607. The fourth-order valence-electron chi connectivity index (χ4n) is 3.45. The second kappa shape index (κ2) is 7.93. The minimum absolute atomic E-state index is 0.0607. The van der Waals surface area contributed by atoms with E-state index in [0.29, 0.717) is 29.6 Å². The van der Waals surface area contributed by atoms with E-state index in [1.807, 2.05) is 18.3 Å². The number of allylic oxidation sites excluding steroid dienone is 3. The lowest BCUT2D eigenvalue weighted by atomic mass is 9.85. The summed E-state index contributed by atoms with van der Waals surface area (Å²) in [5, 5.41) is 0. The van der Waals surface area contributed by atoms with Gasteiger partial charge in [-0.3, -0.25) is 4.98 Å². The summed E-state index contributed by atoms with van der Waals surface area (Å²) in [7, 11) is 1.58. The minimum Gasteiger partial charge on any atom is -0.497 e. The lowest BCUT2D eigenvalue weighted by Gasteiger charge is -2.23. The number of aromatic amines is 1. The average molecular weight is 405 g/mol. The summed E-state index contributed by atoms with van der Waals surface area (Å²) in [4.78, 5) is 11.8. The van der Waals surface area contributed by atoms with Gasteiger partial charge >= 0.3 is 6.18 Å². The number of halogens is 3. The summed E-state index contributed by atoms with van der Waals surface area (Å²) >= 11 is 0. The normalized spacial score (nSPS) is 19.9. The molecule has 1 unspecified atom stereocenters. The number of ether oxygens (including phenoxy) is 2. The number of imidazole rings is 1. The molecule has 29 heavy (non-hydrogen) atoms. The molecular formula is C21H22F3N3O2. The lowest BCUT2D eigenvalue weighted by Crippen LogP contribution is -2.11. The van der Waals surface area contributed by atoms with E-state index in [2.05, 4.69) is 15.0 Å². The van der Waals surface area contributed by atoms with Crippen LogP contribution in [0.15, 0.2) is 48.2 Å². The summed E-state index contributed by atoms with van der Waals surface area (Å²) in [5.41, 5.74) is 0.676. The standard InChI is InChI=1S/C21H22F3N3O2/c1-28-19-9-14(17-11-26-20(27-17)13-3-2-4-13)5-8-18(19)29-12-16-7-6-15(10-25-16)21(22,23)24/h5-8,10-11,13-14H,2-4,9,12H2,1H3,(H,26,27). The largest absolute Gasteiger partial charge is 0.497 e. The molecule has 0 spiro atoms. The van der Waals surface area contributed by atoms with Crippen LogP contribution in [-0.2, 0) is 22.3 Å². The molecule has 0 aliphatic heterocycles. The van der Waals surface area contributed by atoms with Crippen LogP contribution in [0.1, 0.15) is 60.3 Å². The Labute approximate surface area is 166 Å². The summed E-state index contributed by atoms with van der Waals surface area (Å²) < 4.78 is 49.1. The number of aromatic nitrogens is 3. The summed E-state index contributed by atoms with van der Waals surface area (Å²) in [6, 6.07) is 2.32. The van der Waals surface area contributed by atoms with E-state index in [-0.39, 0.29) is 12.5 Å². The zero-order valence-electron chi connectivity index (χ0n) is 16.0. The van der Waals surface area contributed by atoms with Crippen molar-refractivity contribution in [1.29, 1.82) is 0 Å². The van der Waals surface area contributed by atoms with Gasteiger partial charge in [-0.15, -0.1) is 0 Å². The Hall–Kier alpha value is -2.77. The molecule has 2 aromatic rings. The summed E-state index contributed by atoms with van der Waals surface area (Å²) in [6.07, 6.45) is 6.41. The molecule has 8 heteroatoms. The zero-order chi connectivity index (χ0) is 20.4. The molecule has 1 atom stereocenters. The smallest absolute Gasteiger partial charge is 0.417 e. The molecule has 1 fully saturated rings. The number of nitrogens with one attached hydrogen (secondary N) is 1. The van der Waals surface area contributed by atoms with Crippen LogP contribution in [0.4, 0.5) is 13.2 Å². The summed E-state index contributed by atoms with van der Waals surface area (Å²) in [5.74, 6) is 2.96. The molecule has 2 aliphatic carbocycles. The fourth-order valence-corrected chi connectivity index (χ4v) is 3.45. The molecule has 2 aromatic heterocycles. The molecule has 154 valence electrons. The molecule has 0 saturated heterocycles. The van der Waals surface area contributed by atoms with Crippen molar-refractivity contribution in [1.82, 2.24) is 15.0 Å². The predicted octanol–water partition coefficient (Wildman–Crippen LogP) is 5.21. The first kappa shape index (κ1) is 19.5. The first-order valence-corrected chi connectivity index (χ1v) is 9.59. The van der Waals surface area contributed by atoms with E-state index in [1.165, 1.54) is 25.3 Å². The maximum Gasteiger partial charge on any atom is 0.417 e. The number of hydrogen-bond donors (Lipinski definition) is 1. The SMILES string of the molecule is COC1=C(OCc2ccc(C(F)(F)F)cn2)C=CC(c2cnc(C3CCC3)[nH]2)C1. The van der Waals surface area contributed by atoms with Crippen LogP contribution in [0.3, 0.4) is 0 Å². The molecule has 0 radical (unpaired) electrons. The first-order chi connectivity index (χ1) is 13.9. The van der Waals surface area contributed by atoms with E-state index in [0.717, 1.165) is 23.8 Å². The number of alkyl halides is 3. The van der Waals surface area contributed by atoms with Gasteiger partial charge in [0.1, 0.15) is 18.2 Å². The van der Waals surface area contributed by atoms with Crippen LogP contribution in [0, 0.1) is 0 Å². The third-order valence-corrected chi connectivity index (χ3v) is 5.44. The van der Waals surface area contributed by atoms with Gasteiger partial charge in [-0.25, -0.2) is 4.98 Å².